The highest BCUT2D eigenvalue weighted by molar-refractivity contribution is 6.32. The Hall–Kier alpha value is -1.59. The zero-order chi connectivity index (χ0) is 12.4. The Morgan fingerprint density at radius 1 is 1.00 bits per heavy atom. The van der Waals surface area contributed by atoms with E-state index in [4.69, 9.17) is 4.74 Å². The van der Waals surface area contributed by atoms with Gasteiger partial charge in [0.05, 0.1) is 13.2 Å². The molecule has 0 aromatic carbocycles. The maximum Gasteiger partial charge on any atom is 0.396 e. The lowest BCUT2D eigenvalue weighted by Crippen LogP contribution is -2.36. The molecule has 0 aliphatic carbocycles. The van der Waals surface area contributed by atoms with Crippen LogP contribution in [0.2, 0.25) is 0 Å². The molecule has 1 N–H and O–H groups in total. The average Bonchev–Trinajstić information content (AvgIpc) is 2.30. The second kappa shape index (κ2) is 8.70. The molecule has 0 aromatic heterocycles. The van der Waals surface area contributed by atoms with Crippen molar-refractivity contribution in [2.75, 3.05) is 19.8 Å². The van der Waals surface area contributed by atoms with Crippen LogP contribution in [-0.2, 0) is 23.9 Å². The normalized spacial score (nSPS) is 9.38. The zero-order valence-corrected chi connectivity index (χ0v) is 9.58. The largest absolute Gasteiger partial charge is 0.464 e. The Balaban J connectivity index is 3.71. The first-order valence-electron chi connectivity index (χ1n) is 5.22. The molecule has 0 spiro atoms. The summed E-state index contributed by atoms with van der Waals surface area (Å²) in [5.41, 5.74) is 0. The number of carbonyl (C=O) groups excluding carboxylic acids is 3. The predicted octanol–water partition coefficient (Wildman–Crippen LogP) is 0.00900. The maximum atomic E-state index is 11.0. The molecule has 0 saturated carbocycles. The van der Waals surface area contributed by atoms with Gasteiger partial charge in [0.2, 0.25) is 0 Å². The van der Waals surface area contributed by atoms with Gasteiger partial charge in [-0.05, 0) is 12.8 Å². The Kier molecular flexibility index (Phi) is 7.83. The van der Waals surface area contributed by atoms with Gasteiger partial charge in [0, 0.05) is 0 Å². The Labute approximate surface area is 94.3 Å². The minimum absolute atomic E-state index is 0.187. The Bertz CT molecular complexity index is 252. The maximum absolute atomic E-state index is 11.0. The molecule has 0 bridgehead atoms. The third-order valence-electron chi connectivity index (χ3n) is 1.48. The van der Waals surface area contributed by atoms with Gasteiger partial charge in [-0.1, -0.05) is 13.8 Å². The topological polar surface area (TPSA) is 81.7 Å². The summed E-state index contributed by atoms with van der Waals surface area (Å²) in [6.45, 7) is 3.84. The minimum atomic E-state index is -0.981. The van der Waals surface area contributed by atoms with Crippen LogP contribution in [0, 0.1) is 0 Å². The van der Waals surface area contributed by atoms with Crippen molar-refractivity contribution in [1.82, 2.24) is 5.32 Å². The SMILES string of the molecule is CCCOC(=O)CNC(=O)C(=O)OCCC. The van der Waals surface area contributed by atoms with Crippen molar-refractivity contribution in [3.63, 3.8) is 0 Å². The van der Waals surface area contributed by atoms with Crippen molar-refractivity contribution in [3.05, 3.63) is 0 Å². The van der Waals surface area contributed by atoms with Crippen LogP contribution in [0.15, 0.2) is 0 Å². The smallest absolute Gasteiger partial charge is 0.396 e. The number of esters is 2. The van der Waals surface area contributed by atoms with Gasteiger partial charge < -0.3 is 14.8 Å². The molecule has 0 atom stereocenters. The minimum Gasteiger partial charge on any atom is -0.464 e. The predicted molar refractivity (Wildman–Crippen MR) is 55.5 cm³/mol. The van der Waals surface area contributed by atoms with Gasteiger partial charge in [-0.15, -0.1) is 0 Å². The van der Waals surface area contributed by atoms with Crippen molar-refractivity contribution in [2.24, 2.45) is 0 Å². The number of ether oxygens (including phenoxy) is 2. The molecule has 16 heavy (non-hydrogen) atoms. The van der Waals surface area contributed by atoms with E-state index in [2.05, 4.69) is 10.1 Å². The molecule has 0 saturated heterocycles. The Morgan fingerprint density at radius 2 is 1.56 bits per heavy atom. The van der Waals surface area contributed by atoms with E-state index in [1.807, 2.05) is 13.8 Å². The van der Waals surface area contributed by atoms with Gasteiger partial charge in [-0.25, -0.2) is 4.79 Å². The van der Waals surface area contributed by atoms with Gasteiger partial charge in [0.25, 0.3) is 0 Å². The molecule has 6 nitrogen and oxygen atoms in total. The lowest BCUT2D eigenvalue weighted by Gasteiger charge is -2.05. The average molecular weight is 231 g/mol. The van der Waals surface area contributed by atoms with Crippen molar-refractivity contribution in [1.29, 1.82) is 0 Å². The highest BCUT2D eigenvalue weighted by atomic mass is 16.5. The van der Waals surface area contributed by atoms with Gasteiger partial charge >= 0.3 is 17.8 Å². The standard InChI is InChI=1S/C10H17NO5/c1-3-5-15-8(12)7-11-9(13)10(14)16-6-4-2/h3-7H2,1-2H3,(H,11,13). The van der Waals surface area contributed by atoms with E-state index in [9.17, 15) is 14.4 Å². The first kappa shape index (κ1) is 14.4. The number of hydrogen-bond donors (Lipinski definition) is 1. The van der Waals surface area contributed by atoms with E-state index in [-0.39, 0.29) is 13.2 Å². The number of hydrogen-bond acceptors (Lipinski definition) is 5. The quantitative estimate of drug-likeness (QED) is 0.514. The van der Waals surface area contributed by atoms with Crippen LogP contribution in [0.25, 0.3) is 0 Å². The van der Waals surface area contributed by atoms with E-state index in [0.29, 0.717) is 19.4 Å². The zero-order valence-electron chi connectivity index (χ0n) is 9.58. The molecule has 0 fully saturated rings. The summed E-state index contributed by atoms with van der Waals surface area (Å²) < 4.78 is 9.26. The first-order valence-corrected chi connectivity index (χ1v) is 5.22. The molecule has 0 heterocycles. The summed E-state index contributed by atoms with van der Waals surface area (Å²) >= 11 is 0. The molecule has 0 aliphatic rings. The third-order valence-corrected chi connectivity index (χ3v) is 1.48. The fourth-order valence-electron chi connectivity index (χ4n) is 0.752. The number of amides is 1. The van der Waals surface area contributed by atoms with E-state index < -0.39 is 17.8 Å². The van der Waals surface area contributed by atoms with Crippen molar-refractivity contribution < 1.29 is 23.9 Å². The van der Waals surface area contributed by atoms with Gasteiger partial charge in [0.1, 0.15) is 6.54 Å². The highest BCUT2D eigenvalue weighted by Gasteiger charge is 2.15. The van der Waals surface area contributed by atoms with Crippen molar-refractivity contribution in [2.45, 2.75) is 26.7 Å². The Morgan fingerprint density at radius 3 is 2.12 bits per heavy atom. The monoisotopic (exact) mass is 231 g/mol. The number of nitrogens with one attached hydrogen (secondary N) is 1. The van der Waals surface area contributed by atoms with E-state index >= 15 is 0 Å². The summed E-state index contributed by atoms with van der Waals surface area (Å²) in [7, 11) is 0. The molecule has 6 heteroatoms. The van der Waals surface area contributed by atoms with E-state index in [1.54, 1.807) is 0 Å². The fourth-order valence-corrected chi connectivity index (χ4v) is 0.752. The van der Waals surface area contributed by atoms with Gasteiger partial charge in [0.15, 0.2) is 0 Å². The summed E-state index contributed by atoms with van der Waals surface area (Å²) in [5.74, 6) is -2.48. The van der Waals surface area contributed by atoms with Crippen LogP contribution < -0.4 is 5.32 Å². The highest BCUT2D eigenvalue weighted by Crippen LogP contribution is 1.84. The van der Waals surface area contributed by atoms with Crippen LogP contribution in [-0.4, -0.2) is 37.6 Å². The molecular weight excluding hydrogens is 214 g/mol. The summed E-state index contributed by atoms with van der Waals surface area (Å²) in [5, 5.41) is 2.11. The molecule has 0 rings (SSSR count). The van der Waals surface area contributed by atoms with Gasteiger partial charge in [-0.2, -0.15) is 0 Å². The molecule has 0 aliphatic heterocycles. The summed E-state index contributed by atoms with van der Waals surface area (Å²) in [6.07, 6.45) is 1.34. The molecular formula is C10H17NO5. The molecule has 0 radical (unpaired) electrons. The second-order valence-electron chi connectivity index (χ2n) is 3.04. The van der Waals surface area contributed by atoms with Crippen LogP contribution in [0.1, 0.15) is 26.7 Å². The lowest BCUT2D eigenvalue weighted by molar-refractivity contribution is -0.155. The molecule has 1 amide bonds. The van der Waals surface area contributed by atoms with Gasteiger partial charge in [-0.3, -0.25) is 9.59 Å². The van der Waals surface area contributed by atoms with Crippen LogP contribution >= 0.6 is 0 Å². The van der Waals surface area contributed by atoms with E-state index in [0.717, 1.165) is 0 Å². The van der Waals surface area contributed by atoms with Crippen LogP contribution in [0.5, 0.6) is 0 Å². The third kappa shape index (κ3) is 6.80. The molecule has 0 aromatic rings. The fraction of sp³-hybridized carbons (Fsp3) is 0.700. The van der Waals surface area contributed by atoms with Crippen molar-refractivity contribution in [3.8, 4) is 0 Å². The summed E-state index contributed by atoms with van der Waals surface area (Å²) in [4.78, 5) is 32.9. The summed E-state index contributed by atoms with van der Waals surface area (Å²) in [6, 6.07) is 0. The van der Waals surface area contributed by atoms with E-state index in [1.165, 1.54) is 0 Å². The molecule has 0 unspecified atom stereocenters. The lowest BCUT2D eigenvalue weighted by atomic mass is 10.5. The number of rotatable bonds is 6. The van der Waals surface area contributed by atoms with Crippen LogP contribution in [0.3, 0.4) is 0 Å². The number of carbonyl (C=O) groups is 3. The second-order valence-corrected chi connectivity index (χ2v) is 3.04. The first-order chi connectivity index (χ1) is 7.61. The van der Waals surface area contributed by atoms with Crippen LogP contribution in [0.4, 0.5) is 0 Å². The molecule has 92 valence electrons. The van der Waals surface area contributed by atoms with Crippen molar-refractivity contribution >= 4 is 17.8 Å².